The van der Waals surface area contributed by atoms with Crippen molar-refractivity contribution in [3.05, 3.63) is 99.3 Å². The number of carbonyl (C=O) groups excluding carboxylic acids is 1. The van der Waals surface area contributed by atoms with Gasteiger partial charge in [-0.2, -0.15) is 0 Å². The Labute approximate surface area is 197 Å². The van der Waals surface area contributed by atoms with Gasteiger partial charge in [-0.25, -0.2) is 15.2 Å². The van der Waals surface area contributed by atoms with Crippen LogP contribution in [0, 0.1) is 25.6 Å². The summed E-state index contributed by atoms with van der Waals surface area (Å²) in [4.78, 5) is 15.3. The van der Waals surface area contributed by atoms with Crippen LogP contribution in [-0.2, 0) is 11.3 Å². The Morgan fingerprint density at radius 3 is 2.39 bits per heavy atom. The van der Waals surface area contributed by atoms with E-state index >= 15 is 4.39 Å². The van der Waals surface area contributed by atoms with Gasteiger partial charge in [0, 0.05) is 28.6 Å². The summed E-state index contributed by atoms with van der Waals surface area (Å²) in [5.41, 5.74) is 10.3. The molecule has 2 saturated heterocycles. The van der Waals surface area contributed by atoms with Crippen LogP contribution in [0.2, 0.25) is 5.02 Å². The number of hydrazine groups is 1. The highest BCUT2D eigenvalue weighted by Crippen LogP contribution is 2.50. The van der Waals surface area contributed by atoms with Gasteiger partial charge in [0.15, 0.2) is 0 Å². The average molecular weight is 466 g/mol. The van der Waals surface area contributed by atoms with Gasteiger partial charge in [0.2, 0.25) is 5.91 Å². The number of nitrogens with zero attached hydrogens (tertiary/aromatic N) is 1. The molecule has 2 fully saturated rings. The second-order valence-electron chi connectivity index (χ2n) is 8.84. The van der Waals surface area contributed by atoms with E-state index in [-0.39, 0.29) is 36.0 Å². The average Bonchev–Trinajstić information content (AvgIpc) is 3.32. The fourth-order valence-corrected chi connectivity index (χ4v) is 5.31. The van der Waals surface area contributed by atoms with Gasteiger partial charge in [-0.3, -0.25) is 4.79 Å². The van der Waals surface area contributed by atoms with Crippen LogP contribution in [0.15, 0.2) is 60.7 Å². The molecule has 2 heterocycles. The number of aryl methyl sites for hydroxylation is 2. The van der Waals surface area contributed by atoms with Crippen LogP contribution >= 0.6 is 11.6 Å². The van der Waals surface area contributed by atoms with E-state index in [1.165, 1.54) is 6.07 Å². The van der Waals surface area contributed by atoms with Crippen molar-refractivity contribution < 1.29 is 14.3 Å². The first kappa shape index (κ1) is 21.9. The number of phenols is 1. The number of phenolic OH excluding ortho intramolecular Hbond substituents is 1. The van der Waals surface area contributed by atoms with Gasteiger partial charge < -0.3 is 10.0 Å². The molecule has 0 radical (unpaired) electrons. The Balaban J connectivity index is 1.62. The molecule has 4 atom stereocenters. The minimum Gasteiger partial charge on any atom is -0.508 e. The molecule has 0 aromatic heterocycles. The zero-order valence-electron chi connectivity index (χ0n) is 18.3. The molecule has 0 saturated carbocycles. The van der Waals surface area contributed by atoms with Crippen LogP contribution < -0.4 is 10.9 Å². The number of halogens is 2. The topological polar surface area (TPSA) is 64.6 Å². The second-order valence-corrected chi connectivity index (χ2v) is 9.25. The number of aromatic hydroxyl groups is 1. The first-order valence-corrected chi connectivity index (χ1v) is 11.3. The van der Waals surface area contributed by atoms with Crippen molar-refractivity contribution in [1.82, 2.24) is 15.8 Å². The van der Waals surface area contributed by atoms with E-state index in [4.69, 9.17) is 11.6 Å². The summed E-state index contributed by atoms with van der Waals surface area (Å²) >= 11 is 6.40. The highest BCUT2D eigenvalue weighted by molar-refractivity contribution is 6.31. The Bertz CT molecular complexity index is 1230. The third kappa shape index (κ3) is 3.68. The van der Waals surface area contributed by atoms with E-state index in [0.29, 0.717) is 16.1 Å². The zero-order chi connectivity index (χ0) is 23.3. The molecule has 2 aliphatic rings. The van der Waals surface area contributed by atoms with Crippen molar-refractivity contribution in [2.24, 2.45) is 5.92 Å². The Morgan fingerprint density at radius 2 is 1.64 bits per heavy atom. The standard InChI is InChI=1S/C26H25ClFN3O2/c1-14-11-18(21(32)12-15(14)2)23-22-24(30-29-23)26(33)31(13-16-7-3-5-9-19(16)27)25(22)17-8-4-6-10-20(17)28/h3-12,22-25,29-30,32H,13H2,1-2H3. The van der Waals surface area contributed by atoms with E-state index in [0.717, 1.165) is 16.7 Å². The second kappa shape index (κ2) is 8.45. The van der Waals surface area contributed by atoms with Crippen molar-refractivity contribution in [3.8, 4) is 5.75 Å². The van der Waals surface area contributed by atoms with E-state index in [2.05, 4.69) is 10.9 Å². The summed E-state index contributed by atoms with van der Waals surface area (Å²) in [5, 5.41) is 11.3. The van der Waals surface area contributed by atoms with Gasteiger partial charge in [-0.05, 0) is 48.7 Å². The van der Waals surface area contributed by atoms with Crippen LogP contribution in [0.1, 0.15) is 39.9 Å². The third-order valence-corrected chi connectivity index (χ3v) is 7.28. The van der Waals surface area contributed by atoms with Crippen molar-refractivity contribution in [2.45, 2.75) is 38.5 Å². The normalized spacial score (nSPS) is 24.4. The lowest BCUT2D eigenvalue weighted by Crippen LogP contribution is -2.41. The summed E-state index contributed by atoms with van der Waals surface area (Å²) in [6.45, 7) is 4.18. The van der Waals surface area contributed by atoms with Crippen molar-refractivity contribution in [2.75, 3.05) is 0 Å². The molecule has 2 aliphatic heterocycles. The fraction of sp³-hybridized carbons (Fsp3) is 0.269. The maximum Gasteiger partial charge on any atom is 0.242 e. The molecule has 3 aromatic carbocycles. The number of likely N-dealkylation sites (tertiary alicyclic amines) is 1. The summed E-state index contributed by atoms with van der Waals surface area (Å²) in [7, 11) is 0. The van der Waals surface area contributed by atoms with E-state index in [9.17, 15) is 9.90 Å². The molecule has 1 amide bonds. The summed E-state index contributed by atoms with van der Waals surface area (Å²) in [6, 6.07) is 16.1. The van der Waals surface area contributed by atoms with Crippen LogP contribution in [0.3, 0.4) is 0 Å². The van der Waals surface area contributed by atoms with Gasteiger partial charge in [0.1, 0.15) is 17.6 Å². The first-order chi connectivity index (χ1) is 15.9. The molecule has 0 spiro atoms. The molecule has 3 N–H and O–H groups in total. The largest absolute Gasteiger partial charge is 0.508 e. The molecular weight excluding hydrogens is 441 g/mol. The number of rotatable bonds is 4. The summed E-state index contributed by atoms with van der Waals surface area (Å²) in [5.74, 6) is -0.686. The highest BCUT2D eigenvalue weighted by atomic mass is 35.5. The first-order valence-electron chi connectivity index (χ1n) is 11.0. The van der Waals surface area contributed by atoms with Crippen LogP contribution in [0.25, 0.3) is 0 Å². The molecule has 5 rings (SSSR count). The number of hydrogen-bond donors (Lipinski definition) is 3. The highest BCUT2D eigenvalue weighted by Gasteiger charge is 2.56. The van der Waals surface area contributed by atoms with Crippen molar-refractivity contribution in [1.29, 1.82) is 0 Å². The maximum absolute atomic E-state index is 15.1. The minimum atomic E-state index is -0.567. The number of fused-ring (bicyclic) bond motifs is 1. The molecule has 4 unspecified atom stereocenters. The molecule has 0 bridgehead atoms. The maximum atomic E-state index is 15.1. The molecular formula is C26H25ClFN3O2. The lowest BCUT2D eigenvalue weighted by molar-refractivity contribution is -0.131. The summed E-state index contributed by atoms with van der Waals surface area (Å²) < 4.78 is 15.1. The lowest BCUT2D eigenvalue weighted by Gasteiger charge is -2.32. The van der Waals surface area contributed by atoms with Crippen LogP contribution in [-0.4, -0.2) is 22.0 Å². The lowest BCUT2D eigenvalue weighted by atomic mass is 9.82. The quantitative estimate of drug-likeness (QED) is 0.521. The fourth-order valence-electron chi connectivity index (χ4n) is 5.11. The van der Waals surface area contributed by atoms with Gasteiger partial charge in [-0.1, -0.05) is 54.1 Å². The Morgan fingerprint density at radius 1 is 0.970 bits per heavy atom. The molecule has 5 nitrogen and oxygen atoms in total. The zero-order valence-corrected chi connectivity index (χ0v) is 19.1. The predicted octanol–water partition coefficient (Wildman–Crippen LogP) is 4.72. The van der Waals surface area contributed by atoms with Gasteiger partial charge in [0.25, 0.3) is 0 Å². The molecule has 33 heavy (non-hydrogen) atoms. The number of hydrogen-bond acceptors (Lipinski definition) is 4. The van der Waals surface area contributed by atoms with E-state index in [1.807, 2.05) is 38.1 Å². The molecule has 170 valence electrons. The Hall–Kier alpha value is -2.93. The van der Waals surface area contributed by atoms with Crippen LogP contribution in [0.4, 0.5) is 4.39 Å². The Kier molecular flexibility index (Phi) is 5.60. The number of carbonyl (C=O) groups is 1. The number of benzene rings is 3. The smallest absolute Gasteiger partial charge is 0.242 e. The number of nitrogens with one attached hydrogen (secondary N) is 2. The monoisotopic (exact) mass is 465 g/mol. The molecule has 3 aromatic rings. The molecule has 7 heteroatoms. The van der Waals surface area contributed by atoms with Crippen molar-refractivity contribution in [3.63, 3.8) is 0 Å². The summed E-state index contributed by atoms with van der Waals surface area (Å²) in [6.07, 6.45) is 0. The minimum absolute atomic E-state index is 0.133. The number of amides is 1. The van der Waals surface area contributed by atoms with E-state index in [1.54, 1.807) is 35.2 Å². The van der Waals surface area contributed by atoms with Gasteiger partial charge in [-0.15, -0.1) is 0 Å². The van der Waals surface area contributed by atoms with Gasteiger partial charge in [0.05, 0.1) is 12.1 Å². The van der Waals surface area contributed by atoms with E-state index < -0.39 is 12.1 Å². The predicted molar refractivity (Wildman–Crippen MR) is 125 cm³/mol. The van der Waals surface area contributed by atoms with Crippen LogP contribution in [0.5, 0.6) is 5.75 Å². The third-order valence-electron chi connectivity index (χ3n) is 6.91. The van der Waals surface area contributed by atoms with Crippen molar-refractivity contribution >= 4 is 17.5 Å². The van der Waals surface area contributed by atoms with Gasteiger partial charge >= 0.3 is 0 Å². The SMILES string of the molecule is Cc1cc(O)c(C2NNC3C(=O)N(Cc4ccccc4Cl)C(c4ccccc4F)C32)cc1C. The molecule has 0 aliphatic carbocycles.